The van der Waals surface area contributed by atoms with Gasteiger partial charge in [-0.1, -0.05) is 0 Å². The van der Waals surface area contributed by atoms with Gasteiger partial charge in [0.15, 0.2) is 0 Å². The third-order valence-corrected chi connectivity index (χ3v) is 4.08. The van der Waals surface area contributed by atoms with E-state index in [4.69, 9.17) is 4.74 Å². The number of anilines is 2. The van der Waals surface area contributed by atoms with Crippen LogP contribution in [-0.4, -0.2) is 58.7 Å². The summed E-state index contributed by atoms with van der Waals surface area (Å²) in [7, 11) is 0. The van der Waals surface area contributed by atoms with Crippen LogP contribution in [0.25, 0.3) is 0 Å². The maximum atomic E-state index is 12.2. The first-order chi connectivity index (χ1) is 12.1. The van der Waals surface area contributed by atoms with Crippen molar-refractivity contribution in [2.45, 2.75) is 20.8 Å². The number of ether oxygens (including phenoxy) is 1. The zero-order chi connectivity index (χ0) is 17.8. The Labute approximate surface area is 146 Å². The number of carbonyl (C=O) groups excluding carboxylic acids is 1. The lowest BCUT2D eigenvalue weighted by Gasteiger charge is -2.36. The van der Waals surface area contributed by atoms with E-state index >= 15 is 0 Å². The fourth-order valence-corrected chi connectivity index (χ4v) is 2.81. The highest BCUT2D eigenvalue weighted by Gasteiger charge is 2.24. The van der Waals surface area contributed by atoms with Crippen LogP contribution in [-0.2, 0) is 4.74 Å². The van der Waals surface area contributed by atoms with Crippen LogP contribution in [0.2, 0.25) is 0 Å². The van der Waals surface area contributed by atoms with Gasteiger partial charge in [-0.05, 0) is 20.8 Å². The molecule has 0 radical (unpaired) electrons. The van der Waals surface area contributed by atoms with Gasteiger partial charge in [-0.2, -0.15) is 0 Å². The van der Waals surface area contributed by atoms with Crippen LogP contribution in [0.4, 0.5) is 11.6 Å². The molecule has 2 aromatic rings. The summed E-state index contributed by atoms with van der Waals surface area (Å²) in [4.78, 5) is 33.6. The highest BCUT2D eigenvalue weighted by atomic mass is 16.5. The van der Waals surface area contributed by atoms with E-state index in [-0.39, 0.29) is 5.97 Å². The average Bonchev–Trinajstić information content (AvgIpc) is 2.62. The van der Waals surface area contributed by atoms with Crippen LogP contribution >= 0.6 is 0 Å². The highest BCUT2D eigenvalue weighted by Crippen LogP contribution is 2.22. The molecule has 0 N–H and O–H groups in total. The molecule has 0 spiro atoms. The summed E-state index contributed by atoms with van der Waals surface area (Å²) >= 11 is 0. The monoisotopic (exact) mass is 342 g/mol. The van der Waals surface area contributed by atoms with Crippen LogP contribution in [0, 0.1) is 13.8 Å². The second kappa shape index (κ2) is 7.42. The molecule has 1 fully saturated rings. The second-order valence-corrected chi connectivity index (χ2v) is 5.87. The minimum atomic E-state index is -0.383. The minimum absolute atomic E-state index is 0.326. The molecule has 1 saturated heterocycles. The first kappa shape index (κ1) is 17.1. The third kappa shape index (κ3) is 3.84. The number of rotatable bonds is 4. The van der Waals surface area contributed by atoms with E-state index in [0.29, 0.717) is 23.8 Å². The van der Waals surface area contributed by atoms with Gasteiger partial charge in [0.25, 0.3) is 0 Å². The molecule has 0 atom stereocenters. The number of aryl methyl sites for hydroxylation is 2. The van der Waals surface area contributed by atoms with Gasteiger partial charge in [0.05, 0.1) is 6.61 Å². The zero-order valence-electron chi connectivity index (χ0n) is 14.8. The van der Waals surface area contributed by atoms with Crippen molar-refractivity contribution in [3.63, 3.8) is 0 Å². The summed E-state index contributed by atoms with van der Waals surface area (Å²) < 4.78 is 5.13. The van der Waals surface area contributed by atoms with Gasteiger partial charge >= 0.3 is 5.97 Å². The molecule has 0 bridgehead atoms. The van der Waals surface area contributed by atoms with Gasteiger partial charge in [-0.3, -0.25) is 0 Å². The molecule has 2 aromatic heterocycles. The first-order valence-electron chi connectivity index (χ1n) is 8.37. The lowest BCUT2D eigenvalue weighted by molar-refractivity contribution is 0.0526. The van der Waals surface area contributed by atoms with Gasteiger partial charge in [0.1, 0.15) is 29.4 Å². The average molecular weight is 342 g/mol. The Morgan fingerprint density at radius 2 is 1.84 bits per heavy atom. The Morgan fingerprint density at radius 3 is 2.52 bits per heavy atom. The summed E-state index contributed by atoms with van der Waals surface area (Å²) in [5.74, 6) is 1.82. The van der Waals surface area contributed by atoms with Crippen LogP contribution in [0.5, 0.6) is 0 Å². The smallest absolute Gasteiger partial charge is 0.343 e. The van der Waals surface area contributed by atoms with Gasteiger partial charge < -0.3 is 14.5 Å². The molecule has 132 valence electrons. The summed E-state index contributed by atoms with van der Waals surface area (Å²) in [5, 5.41) is 0. The zero-order valence-corrected chi connectivity index (χ0v) is 14.8. The predicted molar refractivity (Wildman–Crippen MR) is 93.9 cm³/mol. The Morgan fingerprint density at radius 1 is 1.12 bits per heavy atom. The molecule has 0 aliphatic carbocycles. The Kier molecular flexibility index (Phi) is 5.06. The van der Waals surface area contributed by atoms with Crippen LogP contribution in [0.1, 0.15) is 28.8 Å². The lowest BCUT2D eigenvalue weighted by Crippen LogP contribution is -2.47. The first-order valence-corrected chi connectivity index (χ1v) is 8.37. The number of hydrogen-bond donors (Lipinski definition) is 0. The summed E-state index contributed by atoms with van der Waals surface area (Å²) in [5.41, 5.74) is 1.36. The van der Waals surface area contributed by atoms with Crippen LogP contribution in [0.3, 0.4) is 0 Å². The lowest BCUT2D eigenvalue weighted by atomic mass is 10.2. The molecule has 1 aliphatic heterocycles. The van der Waals surface area contributed by atoms with E-state index in [1.165, 1.54) is 0 Å². The van der Waals surface area contributed by atoms with Crippen molar-refractivity contribution < 1.29 is 9.53 Å². The van der Waals surface area contributed by atoms with Gasteiger partial charge in [0, 0.05) is 44.1 Å². The van der Waals surface area contributed by atoms with E-state index in [9.17, 15) is 4.79 Å². The molecule has 3 rings (SSSR count). The van der Waals surface area contributed by atoms with Crippen molar-refractivity contribution in [1.29, 1.82) is 0 Å². The van der Waals surface area contributed by atoms with Gasteiger partial charge in [0.2, 0.25) is 0 Å². The van der Waals surface area contributed by atoms with Crippen molar-refractivity contribution in [2.75, 3.05) is 42.6 Å². The minimum Gasteiger partial charge on any atom is -0.462 e. The van der Waals surface area contributed by atoms with Crippen molar-refractivity contribution in [3.05, 3.63) is 35.7 Å². The molecule has 8 nitrogen and oxygen atoms in total. The Hall–Kier alpha value is -2.77. The SMILES string of the molecule is CCOC(=O)c1cnc(C)nc1N1CCN(c2cc(C)ncn2)CC1. The number of aromatic nitrogens is 4. The van der Waals surface area contributed by atoms with Gasteiger partial charge in [-0.25, -0.2) is 24.7 Å². The van der Waals surface area contributed by atoms with Crippen molar-refractivity contribution in [3.8, 4) is 0 Å². The molecule has 1 aliphatic rings. The van der Waals surface area contributed by atoms with E-state index in [1.807, 2.05) is 19.9 Å². The third-order valence-electron chi connectivity index (χ3n) is 4.08. The fraction of sp³-hybridized carbons (Fsp3) is 0.471. The topological polar surface area (TPSA) is 84.3 Å². The summed E-state index contributed by atoms with van der Waals surface area (Å²) in [6, 6.07) is 1.98. The number of hydrogen-bond acceptors (Lipinski definition) is 8. The number of esters is 1. The Bertz CT molecular complexity index is 759. The number of nitrogens with zero attached hydrogens (tertiary/aromatic N) is 6. The standard InChI is InChI=1S/C17H22N6O2/c1-4-25-17(24)14-10-18-13(3)21-16(14)23-7-5-22(6-8-23)15-9-12(2)19-11-20-15/h9-11H,4-8H2,1-3H3. The van der Waals surface area contributed by atoms with E-state index < -0.39 is 0 Å². The molecule has 3 heterocycles. The maximum absolute atomic E-state index is 12.2. The normalized spacial score (nSPS) is 14.5. The van der Waals surface area contributed by atoms with Gasteiger partial charge in [-0.15, -0.1) is 0 Å². The molecule has 0 aromatic carbocycles. The summed E-state index contributed by atoms with van der Waals surface area (Å²) in [6.07, 6.45) is 3.14. The molecule has 0 amide bonds. The second-order valence-electron chi connectivity index (χ2n) is 5.87. The molecular formula is C17H22N6O2. The molecule has 0 saturated carbocycles. The fourth-order valence-electron chi connectivity index (χ4n) is 2.81. The van der Waals surface area contributed by atoms with E-state index in [0.717, 1.165) is 37.7 Å². The predicted octanol–water partition coefficient (Wildman–Crippen LogP) is 1.39. The van der Waals surface area contributed by atoms with Crippen LogP contribution in [0.15, 0.2) is 18.6 Å². The quantitative estimate of drug-likeness (QED) is 0.771. The van der Waals surface area contributed by atoms with Crippen LogP contribution < -0.4 is 9.80 Å². The molecular weight excluding hydrogens is 320 g/mol. The molecule has 8 heteroatoms. The number of carbonyl (C=O) groups is 1. The summed E-state index contributed by atoms with van der Waals surface area (Å²) in [6.45, 7) is 8.96. The highest BCUT2D eigenvalue weighted by molar-refractivity contribution is 5.94. The van der Waals surface area contributed by atoms with E-state index in [2.05, 4.69) is 29.7 Å². The number of piperazine rings is 1. The maximum Gasteiger partial charge on any atom is 0.343 e. The van der Waals surface area contributed by atoms with E-state index in [1.54, 1.807) is 19.4 Å². The van der Waals surface area contributed by atoms with Crippen molar-refractivity contribution in [2.24, 2.45) is 0 Å². The molecule has 0 unspecified atom stereocenters. The Balaban J connectivity index is 1.76. The largest absolute Gasteiger partial charge is 0.462 e. The van der Waals surface area contributed by atoms with Crippen molar-refractivity contribution >= 4 is 17.6 Å². The molecule has 25 heavy (non-hydrogen) atoms. The van der Waals surface area contributed by atoms with Crippen molar-refractivity contribution in [1.82, 2.24) is 19.9 Å².